The third kappa shape index (κ3) is 4.77. The molecule has 0 fully saturated rings. The smallest absolute Gasteiger partial charge is 0.269 e. The molecule has 0 aliphatic heterocycles. The van der Waals surface area contributed by atoms with Gasteiger partial charge in [-0.05, 0) is 29.7 Å². The molecule has 0 heterocycles. The van der Waals surface area contributed by atoms with Gasteiger partial charge in [-0.3, -0.25) is 15.1 Å². The second-order valence-corrected chi connectivity index (χ2v) is 5.29. The second kappa shape index (κ2) is 8.05. The fourth-order valence-electron chi connectivity index (χ4n) is 2.19. The Morgan fingerprint density at radius 3 is 2.42 bits per heavy atom. The molecule has 0 amide bonds. The Balaban J connectivity index is 1.91. The van der Waals surface area contributed by atoms with Gasteiger partial charge in [0.05, 0.1) is 4.92 Å². The number of aliphatic imine (C=N–C) groups is 1. The van der Waals surface area contributed by atoms with Gasteiger partial charge in [-0.2, -0.15) is 0 Å². The highest BCUT2D eigenvalue weighted by molar-refractivity contribution is 5.79. The van der Waals surface area contributed by atoms with Crippen molar-refractivity contribution in [2.45, 2.75) is 20.0 Å². The molecule has 2 N–H and O–H groups in total. The van der Waals surface area contributed by atoms with Crippen molar-refractivity contribution in [3.63, 3.8) is 0 Å². The monoisotopic (exact) mass is 330 g/mol. The number of hydrogen-bond acceptors (Lipinski definition) is 3. The zero-order valence-corrected chi connectivity index (χ0v) is 13.5. The van der Waals surface area contributed by atoms with Crippen LogP contribution in [0.2, 0.25) is 0 Å². The van der Waals surface area contributed by atoms with E-state index in [0.717, 1.165) is 11.1 Å². The lowest BCUT2D eigenvalue weighted by molar-refractivity contribution is -0.384. The first-order valence-electron chi connectivity index (χ1n) is 7.42. The molecule has 0 aliphatic carbocycles. The molecule has 0 saturated carbocycles. The molecular formula is C17H19FN4O2. The quantitative estimate of drug-likeness (QED) is 0.382. The van der Waals surface area contributed by atoms with E-state index in [-0.39, 0.29) is 11.5 Å². The van der Waals surface area contributed by atoms with Crippen LogP contribution in [0.1, 0.15) is 16.7 Å². The van der Waals surface area contributed by atoms with Gasteiger partial charge in [0.25, 0.3) is 5.69 Å². The number of halogens is 1. The Bertz CT molecular complexity index is 762. The van der Waals surface area contributed by atoms with Crippen molar-refractivity contribution in [1.29, 1.82) is 0 Å². The van der Waals surface area contributed by atoms with E-state index in [2.05, 4.69) is 15.6 Å². The topological polar surface area (TPSA) is 79.6 Å². The first-order chi connectivity index (χ1) is 11.5. The summed E-state index contributed by atoms with van der Waals surface area (Å²) in [7, 11) is 1.64. The predicted octanol–water partition coefficient (Wildman–Crippen LogP) is 2.91. The molecule has 2 aromatic rings. The number of non-ortho nitro benzene ring substituents is 1. The van der Waals surface area contributed by atoms with Gasteiger partial charge in [-0.15, -0.1) is 0 Å². The number of aryl methyl sites for hydroxylation is 1. The highest BCUT2D eigenvalue weighted by Gasteiger charge is 2.06. The molecule has 0 bridgehead atoms. The third-order valence-corrected chi connectivity index (χ3v) is 3.49. The van der Waals surface area contributed by atoms with E-state index in [0.29, 0.717) is 24.6 Å². The molecule has 126 valence electrons. The van der Waals surface area contributed by atoms with E-state index in [4.69, 9.17) is 0 Å². The Hall–Kier alpha value is -2.96. The number of nitro benzene ring substituents is 1. The Labute approximate surface area is 139 Å². The summed E-state index contributed by atoms with van der Waals surface area (Å²) in [5, 5.41) is 17.0. The van der Waals surface area contributed by atoms with E-state index in [1.54, 1.807) is 38.2 Å². The number of nitrogens with one attached hydrogen (secondary N) is 2. The van der Waals surface area contributed by atoms with Crippen molar-refractivity contribution in [2.24, 2.45) is 4.99 Å². The van der Waals surface area contributed by atoms with Gasteiger partial charge in [-0.25, -0.2) is 4.39 Å². The number of rotatable bonds is 5. The number of hydrogen-bond donors (Lipinski definition) is 2. The largest absolute Gasteiger partial charge is 0.352 e. The van der Waals surface area contributed by atoms with Crippen molar-refractivity contribution in [3.05, 3.63) is 75.1 Å². The molecule has 0 aromatic heterocycles. The Kier molecular flexibility index (Phi) is 5.83. The molecule has 2 rings (SSSR count). The van der Waals surface area contributed by atoms with Crippen LogP contribution in [0.15, 0.2) is 47.5 Å². The fraction of sp³-hybridized carbons (Fsp3) is 0.235. The lowest BCUT2D eigenvalue weighted by atomic mass is 10.1. The Morgan fingerprint density at radius 2 is 1.83 bits per heavy atom. The van der Waals surface area contributed by atoms with Gasteiger partial charge >= 0.3 is 0 Å². The molecule has 0 spiro atoms. The number of benzene rings is 2. The molecule has 0 saturated heterocycles. The standard InChI is InChI=1S/C17H19FN4O2/c1-12-8-14(6-7-16(12)18)11-21-17(19-2)20-10-13-4-3-5-15(9-13)22(23)24/h3-9H,10-11H2,1-2H3,(H2,19,20,21). The Morgan fingerprint density at radius 1 is 1.17 bits per heavy atom. The average molecular weight is 330 g/mol. The number of guanidine groups is 1. The van der Waals surface area contributed by atoms with E-state index in [9.17, 15) is 14.5 Å². The lowest BCUT2D eigenvalue weighted by Crippen LogP contribution is -2.36. The molecule has 0 unspecified atom stereocenters. The normalized spacial score (nSPS) is 11.2. The first kappa shape index (κ1) is 17.4. The van der Waals surface area contributed by atoms with E-state index in [1.807, 2.05) is 0 Å². The van der Waals surface area contributed by atoms with E-state index >= 15 is 0 Å². The molecule has 0 atom stereocenters. The van der Waals surface area contributed by atoms with Crippen molar-refractivity contribution >= 4 is 11.6 Å². The summed E-state index contributed by atoms with van der Waals surface area (Å²) in [6.45, 7) is 2.62. The second-order valence-electron chi connectivity index (χ2n) is 5.29. The minimum absolute atomic E-state index is 0.0547. The molecule has 6 nitrogen and oxygen atoms in total. The first-order valence-corrected chi connectivity index (χ1v) is 7.42. The fourth-order valence-corrected chi connectivity index (χ4v) is 2.19. The molecular weight excluding hydrogens is 311 g/mol. The molecule has 0 radical (unpaired) electrons. The van der Waals surface area contributed by atoms with Crippen LogP contribution in [-0.4, -0.2) is 17.9 Å². The van der Waals surface area contributed by atoms with Crippen LogP contribution >= 0.6 is 0 Å². The number of nitrogens with zero attached hydrogens (tertiary/aromatic N) is 2. The average Bonchev–Trinajstić information content (AvgIpc) is 2.58. The summed E-state index contributed by atoms with van der Waals surface area (Å²) in [5.41, 5.74) is 2.37. The van der Waals surface area contributed by atoms with Crippen LogP contribution in [0, 0.1) is 22.9 Å². The lowest BCUT2D eigenvalue weighted by Gasteiger charge is -2.12. The minimum Gasteiger partial charge on any atom is -0.352 e. The zero-order chi connectivity index (χ0) is 17.5. The van der Waals surface area contributed by atoms with Crippen molar-refractivity contribution < 1.29 is 9.31 Å². The van der Waals surface area contributed by atoms with Crippen LogP contribution in [0.25, 0.3) is 0 Å². The van der Waals surface area contributed by atoms with Crippen molar-refractivity contribution in [1.82, 2.24) is 10.6 Å². The summed E-state index contributed by atoms with van der Waals surface area (Å²) >= 11 is 0. The molecule has 2 aromatic carbocycles. The van der Waals surface area contributed by atoms with Gasteiger partial charge in [0.1, 0.15) is 5.82 Å². The van der Waals surface area contributed by atoms with Crippen LogP contribution in [-0.2, 0) is 13.1 Å². The summed E-state index contributed by atoms with van der Waals surface area (Å²) in [4.78, 5) is 14.5. The highest BCUT2D eigenvalue weighted by Crippen LogP contribution is 2.13. The predicted molar refractivity (Wildman–Crippen MR) is 91.3 cm³/mol. The van der Waals surface area contributed by atoms with Gasteiger partial charge in [-0.1, -0.05) is 24.3 Å². The van der Waals surface area contributed by atoms with Gasteiger partial charge < -0.3 is 10.6 Å². The summed E-state index contributed by atoms with van der Waals surface area (Å²) in [6, 6.07) is 11.3. The van der Waals surface area contributed by atoms with Crippen LogP contribution in [0.4, 0.5) is 10.1 Å². The van der Waals surface area contributed by atoms with Crippen LogP contribution in [0.3, 0.4) is 0 Å². The maximum Gasteiger partial charge on any atom is 0.269 e. The zero-order valence-electron chi connectivity index (χ0n) is 13.5. The SMILES string of the molecule is CN=C(NCc1cccc([N+](=O)[O-])c1)NCc1ccc(F)c(C)c1. The maximum absolute atomic E-state index is 13.3. The number of nitro groups is 1. The van der Waals surface area contributed by atoms with Crippen molar-refractivity contribution in [2.75, 3.05) is 7.05 Å². The maximum atomic E-state index is 13.3. The van der Waals surface area contributed by atoms with E-state index < -0.39 is 4.92 Å². The van der Waals surface area contributed by atoms with E-state index in [1.165, 1.54) is 18.2 Å². The van der Waals surface area contributed by atoms with Gasteiger partial charge in [0, 0.05) is 32.3 Å². The van der Waals surface area contributed by atoms with Gasteiger partial charge in [0.15, 0.2) is 5.96 Å². The third-order valence-electron chi connectivity index (χ3n) is 3.49. The van der Waals surface area contributed by atoms with Crippen LogP contribution < -0.4 is 10.6 Å². The summed E-state index contributed by atoms with van der Waals surface area (Å²) in [6.07, 6.45) is 0. The van der Waals surface area contributed by atoms with Gasteiger partial charge in [0.2, 0.25) is 0 Å². The summed E-state index contributed by atoms with van der Waals surface area (Å²) < 4.78 is 13.3. The van der Waals surface area contributed by atoms with Crippen LogP contribution in [0.5, 0.6) is 0 Å². The molecule has 24 heavy (non-hydrogen) atoms. The molecule has 7 heteroatoms. The summed E-state index contributed by atoms with van der Waals surface area (Å²) in [5.74, 6) is 0.329. The minimum atomic E-state index is -0.423. The molecule has 0 aliphatic rings. The highest BCUT2D eigenvalue weighted by atomic mass is 19.1. The van der Waals surface area contributed by atoms with Crippen molar-refractivity contribution in [3.8, 4) is 0 Å².